The van der Waals surface area contributed by atoms with Crippen molar-refractivity contribution in [2.75, 3.05) is 17.3 Å². The van der Waals surface area contributed by atoms with E-state index in [9.17, 15) is 14.7 Å². The first-order chi connectivity index (χ1) is 19.5. The molecule has 204 valence electrons. The third-order valence-electron chi connectivity index (χ3n) is 5.88. The molecule has 0 unspecified atom stereocenters. The average Bonchev–Trinajstić information content (AvgIpc) is 2.99. The summed E-state index contributed by atoms with van der Waals surface area (Å²) in [5.41, 5.74) is 3.85. The van der Waals surface area contributed by atoms with Crippen molar-refractivity contribution < 1.29 is 19.4 Å². The minimum Gasteiger partial charge on any atom is -0.511 e. The van der Waals surface area contributed by atoms with Crippen molar-refractivity contribution in [1.29, 1.82) is 0 Å². The van der Waals surface area contributed by atoms with Crippen LogP contribution in [0.2, 0.25) is 0 Å². The number of anilines is 2. The number of aliphatic hydroxyl groups is 1. The second-order valence-corrected chi connectivity index (χ2v) is 11.0. The molecule has 4 rings (SSSR count). The first kappa shape index (κ1) is 28.9. The van der Waals surface area contributed by atoms with Crippen molar-refractivity contribution in [3.63, 3.8) is 0 Å². The van der Waals surface area contributed by atoms with Gasteiger partial charge < -0.3 is 20.1 Å². The number of hydrogen-bond donors (Lipinski definition) is 2. The summed E-state index contributed by atoms with van der Waals surface area (Å²) in [7, 11) is 4.39. The van der Waals surface area contributed by atoms with Crippen LogP contribution in [-0.2, 0) is 27.4 Å². The summed E-state index contributed by atoms with van der Waals surface area (Å²) in [4.78, 5) is 28.6. The lowest BCUT2D eigenvalue weighted by atomic mass is 10.2. The van der Waals surface area contributed by atoms with Crippen LogP contribution >= 0.6 is 21.6 Å². The molecule has 0 aliphatic rings. The minimum absolute atomic E-state index is 0.291. The fraction of sp³-hybridized carbons (Fsp3) is 0.125. The summed E-state index contributed by atoms with van der Waals surface area (Å²) < 4.78 is 4.61. The van der Waals surface area contributed by atoms with E-state index in [4.69, 9.17) is 0 Å². The average molecular weight is 571 g/mol. The fourth-order valence-electron chi connectivity index (χ4n) is 3.86. The molecule has 0 saturated carbocycles. The predicted octanol–water partition coefficient (Wildman–Crippen LogP) is 7.64. The number of benzene rings is 4. The van der Waals surface area contributed by atoms with E-state index in [1.54, 1.807) is 26.5 Å². The molecule has 4 aromatic rings. The third-order valence-corrected chi connectivity index (χ3v) is 8.35. The topological polar surface area (TPSA) is 78.9 Å². The zero-order chi connectivity index (χ0) is 28.2. The normalized spacial score (nSPS) is 11.1. The van der Waals surface area contributed by atoms with E-state index < -0.39 is 11.9 Å². The Hall–Kier alpha value is -4.14. The first-order valence-corrected chi connectivity index (χ1v) is 14.8. The van der Waals surface area contributed by atoms with Crippen LogP contribution in [0.25, 0.3) is 0 Å². The van der Waals surface area contributed by atoms with Crippen molar-refractivity contribution >= 4 is 44.8 Å². The van der Waals surface area contributed by atoms with E-state index in [2.05, 4.69) is 34.3 Å². The number of esters is 1. The maximum atomic E-state index is 13.4. The van der Waals surface area contributed by atoms with Gasteiger partial charge in [-0.3, -0.25) is 9.59 Å². The van der Waals surface area contributed by atoms with Gasteiger partial charge in [0.05, 0.1) is 19.3 Å². The third kappa shape index (κ3) is 8.43. The van der Waals surface area contributed by atoms with Crippen molar-refractivity contribution in [2.45, 2.75) is 29.3 Å². The van der Waals surface area contributed by atoms with Crippen LogP contribution in [0.3, 0.4) is 0 Å². The van der Waals surface area contributed by atoms with Crippen LogP contribution < -0.4 is 10.2 Å². The molecular weight excluding hydrogens is 540 g/mol. The highest BCUT2D eigenvalue weighted by Crippen LogP contribution is 2.44. The van der Waals surface area contributed by atoms with Gasteiger partial charge in [-0.2, -0.15) is 0 Å². The molecule has 0 fully saturated rings. The van der Waals surface area contributed by atoms with Gasteiger partial charge in [0.1, 0.15) is 12.2 Å². The summed E-state index contributed by atoms with van der Waals surface area (Å²) in [6.07, 6.45) is 0.706. The number of para-hydroxylation sites is 2. The summed E-state index contributed by atoms with van der Waals surface area (Å²) >= 11 is 0. The Morgan fingerprint density at radius 2 is 1.38 bits per heavy atom. The molecule has 6 nitrogen and oxygen atoms in total. The summed E-state index contributed by atoms with van der Waals surface area (Å²) in [6, 6.07) is 35.6. The Kier molecular flexibility index (Phi) is 10.7. The number of amides is 1. The van der Waals surface area contributed by atoms with Crippen molar-refractivity contribution in [3.8, 4) is 0 Å². The number of rotatable bonds is 12. The van der Waals surface area contributed by atoms with Gasteiger partial charge in [-0.25, -0.2) is 0 Å². The molecule has 1 amide bonds. The lowest BCUT2D eigenvalue weighted by Gasteiger charge is -2.24. The van der Waals surface area contributed by atoms with Crippen LogP contribution in [0, 0.1) is 0 Å². The lowest BCUT2D eigenvalue weighted by molar-refractivity contribution is -0.140. The van der Waals surface area contributed by atoms with Crippen LogP contribution in [0.4, 0.5) is 11.4 Å². The van der Waals surface area contributed by atoms with E-state index in [0.29, 0.717) is 18.8 Å². The van der Waals surface area contributed by atoms with Crippen molar-refractivity contribution in [2.24, 2.45) is 0 Å². The highest BCUT2D eigenvalue weighted by molar-refractivity contribution is 8.76. The Labute approximate surface area is 242 Å². The fourth-order valence-corrected chi connectivity index (χ4v) is 6.20. The first-order valence-electron chi connectivity index (χ1n) is 12.7. The molecule has 0 aliphatic carbocycles. The van der Waals surface area contributed by atoms with E-state index >= 15 is 0 Å². The largest absolute Gasteiger partial charge is 0.511 e. The van der Waals surface area contributed by atoms with Gasteiger partial charge in [-0.05, 0) is 35.4 Å². The van der Waals surface area contributed by atoms with E-state index in [1.807, 2.05) is 84.9 Å². The van der Waals surface area contributed by atoms with Crippen LogP contribution in [0.5, 0.6) is 0 Å². The number of nitrogens with one attached hydrogen (secondary N) is 1. The molecule has 0 spiro atoms. The van der Waals surface area contributed by atoms with Crippen LogP contribution in [-0.4, -0.2) is 24.1 Å². The summed E-state index contributed by atoms with van der Waals surface area (Å²) in [5.74, 6) is -1.41. The predicted molar refractivity (Wildman–Crippen MR) is 163 cm³/mol. The Morgan fingerprint density at radius 1 is 0.800 bits per heavy atom. The molecule has 8 heteroatoms. The molecule has 0 aliphatic heterocycles. The van der Waals surface area contributed by atoms with E-state index in [-0.39, 0.29) is 12.2 Å². The quantitative estimate of drug-likeness (QED) is 0.0784. The van der Waals surface area contributed by atoms with Crippen molar-refractivity contribution in [3.05, 3.63) is 132 Å². The lowest BCUT2D eigenvalue weighted by Crippen LogP contribution is -2.29. The summed E-state index contributed by atoms with van der Waals surface area (Å²) in [6.45, 7) is 1.000. The molecule has 40 heavy (non-hydrogen) atoms. The molecule has 4 aromatic carbocycles. The van der Waals surface area contributed by atoms with Crippen LogP contribution in [0.1, 0.15) is 17.5 Å². The van der Waals surface area contributed by atoms with Gasteiger partial charge in [0.15, 0.2) is 0 Å². The Balaban J connectivity index is 1.57. The minimum atomic E-state index is -0.622. The highest BCUT2D eigenvalue weighted by Gasteiger charge is 2.20. The number of hydrogen-bond acceptors (Lipinski definition) is 7. The highest BCUT2D eigenvalue weighted by atomic mass is 33.1. The number of carbonyl (C=O) groups excluding carboxylic acids is 2. The van der Waals surface area contributed by atoms with Gasteiger partial charge >= 0.3 is 5.97 Å². The molecule has 0 saturated heterocycles. The second kappa shape index (κ2) is 14.9. The molecule has 2 N–H and O–H groups in total. The molecular formula is C32H30N2O4S2. The van der Waals surface area contributed by atoms with Crippen molar-refractivity contribution in [1.82, 2.24) is 0 Å². The monoisotopic (exact) mass is 570 g/mol. The van der Waals surface area contributed by atoms with E-state index in [1.165, 1.54) is 12.7 Å². The molecule has 0 radical (unpaired) electrons. The molecule has 0 bridgehead atoms. The van der Waals surface area contributed by atoms with Gasteiger partial charge in [0, 0.05) is 28.1 Å². The van der Waals surface area contributed by atoms with Gasteiger partial charge in [-0.1, -0.05) is 107 Å². The SMILES string of the molecule is COC(=O)C/C(O)=C/C(=O)N(Cc1ccccc1)c1ccccc1SSc1ccccc1NCc1ccccc1. The number of methoxy groups -OCH3 is 1. The standard InChI is InChI=1S/C32H30N2O4S2/c1-38-32(37)21-26(35)20-31(36)34(23-25-14-6-3-7-15-25)28-17-9-11-19-30(28)40-39-29-18-10-8-16-27(29)33-22-24-12-4-2-5-13-24/h2-20,33,35H,21-23H2,1H3/b26-20-. The summed E-state index contributed by atoms with van der Waals surface area (Å²) in [5, 5.41) is 13.8. The number of ether oxygens (including phenoxy) is 1. The smallest absolute Gasteiger partial charge is 0.313 e. The second-order valence-electron chi connectivity index (χ2n) is 8.77. The van der Waals surface area contributed by atoms with Gasteiger partial charge in [0.2, 0.25) is 0 Å². The zero-order valence-electron chi connectivity index (χ0n) is 22.0. The zero-order valence-corrected chi connectivity index (χ0v) is 23.7. The maximum absolute atomic E-state index is 13.4. The Morgan fingerprint density at radius 3 is 2.08 bits per heavy atom. The molecule has 0 atom stereocenters. The molecule has 0 aromatic heterocycles. The maximum Gasteiger partial charge on any atom is 0.313 e. The number of nitrogens with zero attached hydrogens (tertiary/aromatic N) is 1. The molecule has 0 heterocycles. The number of aliphatic hydroxyl groups excluding tert-OH is 1. The van der Waals surface area contributed by atoms with Crippen LogP contribution in [0.15, 0.2) is 131 Å². The number of carbonyl (C=O) groups is 2. The van der Waals surface area contributed by atoms with Gasteiger partial charge in [0.25, 0.3) is 5.91 Å². The Bertz CT molecular complexity index is 1450. The van der Waals surface area contributed by atoms with E-state index in [0.717, 1.165) is 27.1 Å². The van der Waals surface area contributed by atoms with Gasteiger partial charge in [-0.15, -0.1) is 0 Å².